The maximum Gasteiger partial charge on any atom is 0.443 e. The highest BCUT2D eigenvalue weighted by atomic mass is 32.1. The van der Waals surface area contributed by atoms with Crippen LogP contribution >= 0.6 is 11.3 Å². The van der Waals surface area contributed by atoms with Crippen molar-refractivity contribution in [2.45, 2.75) is 43.7 Å². The van der Waals surface area contributed by atoms with E-state index in [0.717, 1.165) is 30.6 Å². The lowest BCUT2D eigenvalue weighted by Crippen LogP contribution is -2.31. The highest BCUT2D eigenvalue weighted by Crippen LogP contribution is 2.46. The largest absolute Gasteiger partial charge is 0.443 e. The van der Waals surface area contributed by atoms with E-state index in [-0.39, 0.29) is 18.1 Å². The Balaban J connectivity index is 1.81. The summed E-state index contributed by atoms with van der Waals surface area (Å²) in [4.78, 5) is 4.15. The topological polar surface area (TPSA) is 34.2 Å². The Labute approximate surface area is 113 Å². The van der Waals surface area contributed by atoms with Crippen molar-refractivity contribution < 1.29 is 17.9 Å². The summed E-state index contributed by atoms with van der Waals surface area (Å²) in [5.41, 5.74) is 0. The van der Waals surface area contributed by atoms with Gasteiger partial charge in [0.05, 0.1) is 12.2 Å². The second-order valence-corrected chi connectivity index (χ2v) is 6.17. The Morgan fingerprint density at radius 3 is 2.74 bits per heavy atom. The first-order valence-corrected chi connectivity index (χ1v) is 7.16. The van der Waals surface area contributed by atoms with Crippen molar-refractivity contribution in [3.05, 3.63) is 16.1 Å². The van der Waals surface area contributed by atoms with E-state index >= 15 is 0 Å². The van der Waals surface area contributed by atoms with E-state index in [0.29, 0.717) is 11.0 Å². The van der Waals surface area contributed by atoms with E-state index in [4.69, 9.17) is 4.74 Å². The van der Waals surface area contributed by atoms with E-state index in [9.17, 15) is 13.2 Å². The summed E-state index contributed by atoms with van der Waals surface area (Å²) in [6, 6.07) is -0.0936. The molecular formula is C12H15F3N2OS. The van der Waals surface area contributed by atoms with Crippen LogP contribution in [0.3, 0.4) is 0 Å². The molecule has 2 saturated heterocycles. The Hall–Kier alpha value is -0.660. The molecule has 19 heavy (non-hydrogen) atoms. The van der Waals surface area contributed by atoms with Gasteiger partial charge in [-0.2, -0.15) is 13.2 Å². The van der Waals surface area contributed by atoms with E-state index < -0.39 is 11.2 Å². The molecule has 2 fully saturated rings. The van der Waals surface area contributed by atoms with Crippen molar-refractivity contribution in [2.75, 3.05) is 7.05 Å². The fourth-order valence-electron chi connectivity index (χ4n) is 3.16. The van der Waals surface area contributed by atoms with Crippen LogP contribution in [0.1, 0.15) is 35.2 Å². The highest BCUT2D eigenvalue weighted by Gasteiger charge is 2.45. The van der Waals surface area contributed by atoms with Crippen molar-refractivity contribution in [3.63, 3.8) is 0 Å². The summed E-state index contributed by atoms with van der Waals surface area (Å²) < 4.78 is 43.6. The van der Waals surface area contributed by atoms with Crippen molar-refractivity contribution in [1.82, 2.24) is 10.3 Å². The average molecular weight is 292 g/mol. The van der Waals surface area contributed by atoms with Crippen molar-refractivity contribution >= 4 is 11.3 Å². The minimum atomic E-state index is -4.35. The van der Waals surface area contributed by atoms with E-state index in [1.807, 2.05) is 0 Å². The number of ether oxygens (including phenoxy) is 1. The Morgan fingerprint density at radius 2 is 2.26 bits per heavy atom. The number of rotatable bonds is 3. The standard InChI is InChI=1S/C12H15F3N2OS/c1-16-10(7-4-6-2-3-8(7)18-6)9-5-17-11(19-9)12(13,14)15/h5-8,10,16H,2-4H2,1H3. The first-order valence-electron chi connectivity index (χ1n) is 6.34. The zero-order valence-electron chi connectivity index (χ0n) is 10.4. The van der Waals surface area contributed by atoms with Gasteiger partial charge in [-0.1, -0.05) is 0 Å². The number of alkyl halides is 3. The van der Waals surface area contributed by atoms with E-state index in [2.05, 4.69) is 10.3 Å². The zero-order chi connectivity index (χ0) is 13.6. The summed E-state index contributed by atoms with van der Waals surface area (Å²) in [6.45, 7) is 0. The van der Waals surface area contributed by atoms with Gasteiger partial charge in [0.1, 0.15) is 0 Å². The molecule has 3 heterocycles. The van der Waals surface area contributed by atoms with Gasteiger partial charge in [0.25, 0.3) is 0 Å². The molecule has 3 nitrogen and oxygen atoms in total. The van der Waals surface area contributed by atoms with E-state index in [1.54, 1.807) is 7.05 Å². The molecule has 0 aliphatic carbocycles. The van der Waals surface area contributed by atoms with E-state index in [1.165, 1.54) is 6.20 Å². The van der Waals surface area contributed by atoms with Crippen LogP contribution in [-0.2, 0) is 10.9 Å². The lowest BCUT2D eigenvalue weighted by Gasteiger charge is -2.27. The molecule has 0 radical (unpaired) electrons. The fourth-order valence-corrected chi connectivity index (χ4v) is 4.13. The molecule has 2 bridgehead atoms. The number of nitrogens with one attached hydrogen (secondary N) is 1. The lowest BCUT2D eigenvalue weighted by molar-refractivity contribution is -0.137. The molecule has 4 unspecified atom stereocenters. The summed E-state index contributed by atoms with van der Waals surface area (Å²) >= 11 is 0.733. The molecule has 1 N–H and O–H groups in total. The predicted octanol–water partition coefficient (Wildman–Crippen LogP) is 2.99. The first kappa shape index (κ1) is 13.3. The highest BCUT2D eigenvalue weighted by molar-refractivity contribution is 7.11. The molecule has 7 heteroatoms. The maximum atomic E-state index is 12.6. The van der Waals surface area contributed by atoms with Gasteiger partial charge in [0.2, 0.25) is 0 Å². The Kier molecular flexibility index (Phi) is 3.31. The lowest BCUT2D eigenvalue weighted by atomic mass is 9.83. The molecule has 1 aromatic rings. The maximum absolute atomic E-state index is 12.6. The van der Waals surface area contributed by atoms with Crippen molar-refractivity contribution in [1.29, 1.82) is 0 Å². The number of thiazole rings is 1. The van der Waals surface area contributed by atoms with Crippen LogP contribution in [-0.4, -0.2) is 24.2 Å². The molecule has 0 amide bonds. The Bertz CT molecular complexity index is 462. The SMILES string of the molecule is CNC(c1cnc(C(F)(F)F)s1)C1CC2CCC1O2. The van der Waals surface area contributed by atoms with Crippen LogP contribution in [0.4, 0.5) is 13.2 Å². The Morgan fingerprint density at radius 1 is 1.47 bits per heavy atom. The molecular weight excluding hydrogens is 277 g/mol. The van der Waals surface area contributed by atoms with Crippen LogP contribution < -0.4 is 5.32 Å². The number of hydrogen-bond acceptors (Lipinski definition) is 4. The van der Waals surface area contributed by atoms with Crippen molar-refractivity contribution in [3.8, 4) is 0 Å². The minimum absolute atomic E-state index is 0.0936. The number of hydrogen-bond donors (Lipinski definition) is 1. The molecule has 2 aliphatic rings. The van der Waals surface area contributed by atoms with Gasteiger partial charge in [-0.3, -0.25) is 0 Å². The van der Waals surface area contributed by atoms with Crippen molar-refractivity contribution in [2.24, 2.45) is 5.92 Å². The second-order valence-electron chi connectivity index (χ2n) is 5.11. The third kappa shape index (κ3) is 2.39. The van der Waals surface area contributed by atoms with Crippen LogP contribution in [0.15, 0.2) is 6.20 Å². The number of nitrogens with zero attached hydrogens (tertiary/aromatic N) is 1. The molecule has 4 atom stereocenters. The minimum Gasteiger partial charge on any atom is -0.375 e. The third-order valence-corrected chi connectivity index (χ3v) is 5.09. The normalized spacial score (nSPS) is 31.9. The first-order chi connectivity index (χ1) is 8.99. The summed E-state index contributed by atoms with van der Waals surface area (Å²) in [5, 5.41) is 2.36. The third-order valence-electron chi connectivity index (χ3n) is 3.96. The van der Waals surface area contributed by atoms with Crippen LogP contribution in [0.2, 0.25) is 0 Å². The molecule has 1 aromatic heterocycles. The molecule has 3 rings (SSSR count). The molecule has 0 spiro atoms. The van der Waals surface area contributed by atoms with Gasteiger partial charge in [-0.25, -0.2) is 4.98 Å². The molecule has 2 aliphatic heterocycles. The number of fused-ring (bicyclic) bond motifs is 2. The van der Waals surface area contributed by atoms with Crippen LogP contribution in [0.25, 0.3) is 0 Å². The van der Waals surface area contributed by atoms with Gasteiger partial charge in [-0.15, -0.1) is 11.3 Å². The van der Waals surface area contributed by atoms with Gasteiger partial charge < -0.3 is 10.1 Å². The smallest absolute Gasteiger partial charge is 0.375 e. The molecule has 0 saturated carbocycles. The fraction of sp³-hybridized carbons (Fsp3) is 0.750. The zero-order valence-corrected chi connectivity index (χ0v) is 11.2. The summed E-state index contributed by atoms with van der Waals surface area (Å²) in [6.07, 6.45) is 0.481. The number of aromatic nitrogens is 1. The van der Waals surface area contributed by atoms with Crippen LogP contribution in [0.5, 0.6) is 0 Å². The average Bonchev–Trinajstić information content (AvgIpc) is 3.04. The predicted molar refractivity (Wildman–Crippen MR) is 64.9 cm³/mol. The van der Waals surface area contributed by atoms with Gasteiger partial charge in [0, 0.05) is 23.0 Å². The number of halogens is 3. The monoisotopic (exact) mass is 292 g/mol. The second kappa shape index (κ2) is 4.71. The van der Waals surface area contributed by atoms with Crippen LogP contribution in [0, 0.1) is 5.92 Å². The summed E-state index contributed by atoms with van der Waals surface area (Å²) in [5.74, 6) is 0.255. The van der Waals surface area contributed by atoms with Gasteiger partial charge in [-0.05, 0) is 26.3 Å². The van der Waals surface area contributed by atoms with Gasteiger partial charge in [0.15, 0.2) is 5.01 Å². The summed E-state index contributed by atoms with van der Waals surface area (Å²) in [7, 11) is 1.78. The molecule has 0 aromatic carbocycles. The molecule has 106 valence electrons. The quantitative estimate of drug-likeness (QED) is 0.930. The van der Waals surface area contributed by atoms with Gasteiger partial charge >= 0.3 is 6.18 Å².